The minimum atomic E-state index is -0.608. The van der Waals surface area contributed by atoms with E-state index in [1.165, 1.54) is 5.56 Å². The van der Waals surface area contributed by atoms with Gasteiger partial charge in [-0.15, -0.1) is 0 Å². The van der Waals surface area contributed by atoms with Crippen LogP contribution in [0.3, 0.4) is 0 Å². The molecule has 0 spiro atoms. The van der Waals surface area contributed by atoms with Crippen molar-refractivity contribution in [2.45, 2.75) is 25.8 Å². The molecule has 2 nitrogen and oxygen atoms in total. The van der Waals surface area contributed by atoms with Crippen LogP contribution in [0.1, 0.15) is 40.9 Å². The molecule has 0 saturated carbocycles. The third kappa shape index (κ3) is 4.24. The van der Waals surface area contributed by atoms with Crippen LogP contribution in [-0.2, 0) is 12.0 Å². The van der Waals surface area contributed by atoms with Crippen LogP contribution in [0.15, 0.2) is 138 Å². The Kier molecular flexibility index (Phi) is 6.20. The predicted molar refractivity (Wildman–Crippen MR) is 144 cm³/mol. The first-order chi connectivity index (χ1) is 17.1. The fourth-order valence-electron chi connectivity index (χ4n) is 5.16. The molecular formula is C33H29NO. The molecule has 0 amide bonds. The van der Waals surface area contributed by atoms with Gasteiger partial charge in [0.05, 0.1) is 5.41 Å². The lowest BCUT2D eigenvalue weighted by Gasteiger charge is -2.33. The number of hydrogen-bond donors (Lipinski definition) is 0. The van der Waals surface area contributed by atoms with E-state index in [-0.39, 0.29) is 5.78 Å². The second-order valence-electron chi connectivity index (χ2n) is 9.16. The van der Waals surface area contributed by atoms with Crippen LogP contribution in [0.5, 0.6) is 0 Å². The monoisotopic (exact) mass is 455 g/mol. The molecule has 0 saturated heterocycles. The van der Waals surface area contributed by atoms with Crippen molar-refractivity contribution in [2.75, 3.05) is 0 Å². The molecule has 0 fully saturated rings. The topological polar surface area (TPSA) is 20.3 Å². The molecule has 4 aromatic rings. The van der Waals surface area contributed by atoms with Gasteiger partial charge in [0.1, 0.15) is 0 Å². The lowest BCUT2D eigenvalue weighted by atomic mass is 9.72. The van der Waals surface area contributed by atoms with Crippen LogP contribution in [0.4, 0.5) is 0 Å². The molecule has 5 rings (SSSR count). The van der Waals surface area contributed by atoms with E-state index >= 15 is 0 Å². The molecular weight excluding hydrogens is 426 g/mol. The lowest BCUT2D eigenvalue weighted by molar-refractivity contribution is 0.102. The number of hydrogen-bond acceptors (Lipinski definition) is 2. The van der Waals surface area contributed by atoms with Gasteiger partial charge in [-0.2, -0.15) is 0 Å². The first-order valence-corrected chi connectivity index (χ1v) is 12.0. The van der Waals surface area contributed by atoms with E-state index in [9.17, 15) is 4.79 Å². The van der Waals surface area contributed by atoms with Crippen LogP contribution in [0, 0.1) is 0 Å². The Morgan fingerprint density at radius 1 is 0.743 bits per heavy atom. The highest BCUT2D eigenvalue weighted by molar-refractivity contribution is 6.12. The highest BCUT2D eigenvalue weighted by Gasteiger charge is 2.48. The summed E-state index contributed by atoms with van der Waals surface area (Å²) >= 11 is 0. The van der Waals surface area contributed by atoms with Crippen molar-refractivity contribution in [3.63, 3.8) is 0 Å². The van der Waals surface area contributed by atoms with E-state index in [1.807, 2.05) is 48.5 Å². The van der Waals surface area contributed by atoms with Crippen molar-refractivity contribution in [2.24, 2.45) is 0 Å². The Balaban J connectivity index is 1.75. The Morgan fingerprint density at radius 3 is 1.86 bits per heavy atom. The molecule has 1 aliphatic heterocycles. The second kappa shape index (κ2) is 9.60. The number of allylic oxidation sites excluding steroid dienone is 2. The quantitative estimate of drug-likeness (QED) is 0.278. The van der Waals surface area contributed by atoms with Gasteiger partial charge in [0.25, 0.3) is 0 Å². The van der Waals surface area contributed by atoms with Crippen molar-refractivity contribution in [1.82, 2.24) is 4.90 Å². The van der Waals surface area contributed by atoms with Gasteiger partial charge in [-0.25, -0.2) is 0 Å². The largest absolute Gasteiger partial charge is 0.343 e. The highest BCUT2D eigenvalue weighted by atomic mass is 16.1. The van der Waals surface area contributed by atoms with Gasteiger partial charge in [0, 0.05) is 29.1 Å². The van der Waals surface area contributed by atoms with Crippen molar-refractivity contribution in [3.05, 3.63) is 161 Å². The van der Waals surface area contributed by atoms with Crippen LogP contribution in [-0.4, -0.2) is 10.7 Å². The molecule has 1 unspecified atom stereocenters. The van der Waals surface area contributed by atoms with E-state index in [4.69, 9.17) is 0 Å². The molecule has 172 valence electrons. The smallest absolute Gasteiger partial charge is 0.192 e. The fourth-order valence-corrected chi connectivity index (χ4v) is 5.16. The Bertz CT molecular complexity index is 1370. The number of carbonyl (C=O) groups is 1. The fraction of sp³-hybridized carbons (Fsp3) is 0.121. The van der Waals surface area contributed by atoms with E-state index in [0.29, 0.717) is 12.1 Å². The molecule has 1 aliphatic rings. The predicted octanol–water partition coefficient (Wildman–Crippen LogP) is 7.66. The Labute approximate surface area is 207 Å². The third-order valence-corrected chi connectivity index (χ3v) is 6.97. The molecule has 1 heterocycles. The molecule has 0 aromatic heterocycles. The van der Waals surface area contributed by atoms with Crippen molar-refractivity contribution in [1.29, 1.82) is 0 Å². The molecule has 0 radical (unpaired) electrons. The number of rotatable bonds is 6. The number of Topliss-reactive ketones (excluding diaryl/α,β-unsaturated/α-hetero) is 1. The molecule has 35 heavy (non-hydrogen) atoms. The summed E-state index contributed by atoms with van der Waals surface area (Å²) in [5.41, 5.74) is 6.46. The van der Waals surface area contributed by atoms with Gasteiger partial charge >= 0.3 is 0 Å². The summed E-state index contributed by atoms with van der Waals surface area (Å²) in [4.78, 5) is 16.5. The van der Waals surface area contributed by atoms with Gasteiger partial charge in [-0.1, -0.05) is 121 Å². The minimum Gasteiger partial charge on any atom is -0.343 e. The SMILES string of the molecule is CC1=C(C(=O)c2ccccc2)C(C)(c2ccccc2)/C(=C/c2ccccc2)N1Cc1ccccc1. The van der Waals surface area contributed by atoms with Crippen LogP contribution in [0.25, 0.3) is 6.08 Å². The molecule has 4 aromatic carbocycles. The zero-order valence-corrected chi connectivity index (χ0v) is 20.2. The van der Waals surface area contributed by atoms with E-state index in [2.05, 4.69) is 97.6 Å². The highest BCUT2D eigenvalue weighted by Crippen LogP contribution is 2.51. The van der Waals surface area contributed by atoms with Gasteiger partial charge in [0.2, 0.25) is 0 Å². The maximum absolute atomic E-state index is 14.1. The van der Waals surface area contributed by atoms with Gasteiger partial charge in [0.15, 0.2) is 5.78 Å². The maximum atomic E-state index is 14.1. The van der Waals surface area contributed by atoms with Gasteiger partial charge in [-0.05, 0) is 36.6 Å². The van der Waals surface area contributed by atoms with Gasteiger partial charge < -0.3 is 4.90 Å². The third-order valence-electron chi connectivity index (χ3n) is 6.97. The molecule has 0 bridgehead atoms. The minimum absolute atomic E-state index is 0.0731. The summed E-state index contributed by atoms with van der Waals surface area (Å²) < 4.78 is 0. The Hall–Kier alpha value is -4.17. The van der Waals surface area contributed by atoms with Crippen LogP contribution >= 0.6 is 0 Å². The number of nitrogens with zero attached hydrogens (tertiary/aromatic N) is 1. The summed E-state index contributed by atoms with van der Waals surface area (Å²) in [5, 5.41) is 0. The van der Waals surface area contributed by atoms with E-state index < -0.39 is 5.41 Å². The molecule has 0 aliphatic carbocycles. The molecule has 0 N–H and O–H groups in total. The summed E-state index contributed by atoms with van der Waals surface area (Å²) in [6.45, 7) is 4.98. The second-order valence-corrected chi connectivity index (χ2v) is 9.16. The van der Waals surface area contributed by atoms with E-state index in [0.717, 1.165) is 28.1 Å². The van der Waals surface area contributed by atoms with Crippen molar-refractivity contribution >= 4 is 11.9 Å². The van der Waals surface area contributed by atoms with Crippen LogP contribution in [0.2, 0.25) is 0 Å². The Morgan fingerprint density at radius 2 is 1.26 bits per heavy atom. The standard InChI is InChI=1S/C33H29NO/c1-25-31(32(35)28-19-11-5-12-20-28)33(2,29-21-13-6-14-22-29)30(23-26-15-7-3-8-16-26)34(25)24-27-17-9-4-10-18-27/h3-23H,24H2,1-2H3/b30-23-. The van der Waals surface area contributed by atoms with E-state index in [1.54, 1.807) is 0 Å². The average Bonchev–Trinajstić information content (AvgIpc) is 3.12. The molecule has 1 atom stereocenters. The van der Waals surface area contributed by atoms with Crippen LogP contribution < -0.4 is 0 Å². The first kappa shape index (κ1) is 22.6. The summed E-state index contributed by atoms with van der Waals surface area (Å²) in [7, 11) is 0. The van der Waals surface area contributed by atoms with Crippen molar-refractivity contribution in [3.8, 4) is 0 Å². The maximum Gasteiger partial charge on any atom is 0.192 e. The number of carbonyl (C=O) groups excluding carboxylic acids is 1. The summed E-state index contributed by atoms with van der Waals surface area (Å²) in [5.74, 6) is 0.0731. The first-order valence-electron chi connectivity index (χ1n) is 12.0. The number of benzene rings is 4. The normalized spacial score (nSPS) is 18.8. The number of ketones is 1. The van der Waals surface area contributed by atoms with Gasteiger partial charge in [-0.3, -0.25) is 4.79 Å². The van der Waals surface area contributed by atoms with Crippen molar-refractivity contribution < 1.29 is 4.79 Å². The zero-order valence-electron chi connectivity index (χ0n) is 20.2. The lowest BCUT2D eigenvalue weighted by Crippen LogP contribution is -2.31. The summed E-state index contributed by atoms with van der Waals surface area (Å²) in [6, 6.07) is 40.9. The average molecular weight is 456 g/mol. The zero-order chi connectivity index (χ0) is 24.3. The summed E-state index contributed by atoms with van der Waals surface area (Å²) in [6.07, 6.45) is 2.24. The molecule has 2 heteroatoms.